The first kappa shape index (κ1) is 33.0. The number of aromatic nitrogens is 1. The Hall–Kier alpha value is -4.94. The quantitative estimate of drug-likeness (QED) is 0.196. The van der Waals surface area contributed by atoms with Crippen molar-refractivity contribution in [3.63, 3.8) is 0 Å². The minimum Gasteiger partial charge on any atom is -0.493 e. The SMILES string of the molecule is COc1ccc([C@@H](CCNC(=O)Oc2csc(C)n2)N2C(=O)c3cccc(N4CCN([C@H](C)c5ccccc5)CC4)c3C2=O)cc1OC. The molecule has 3 aromatic carbocycles. The van der Waals surface area contributed by atoms with Crippen molar-refractivity contribution in [2.24, 2.45) is 0 Å². The second kappa shape index (κ2) is 14.4. The molecule has 0 radical (unpaired) electrons. The molecule has 48 heavy (non-hydrogen) atoms. The molecule has 0 bridgehead atoms. The Kier molecular flexibility index (Phi) is 9.93. The van der Waals surface area contributed by atoms with Crippen molar-refractivity contribution >= 4 is 34.9 Å². The van der Waals surface area contributed by atoms with Gasteiger partial charge in [-0.3, -0.25) is 19.4 Å². The van der Waals surface area contributed by atoms with Gasteiger partial charge in [0.05, 0.1) is 47.5 Å². The normalized spacial score (nSPS) is 16.0. The molecule has 2 atom stereocenters. The second-order valence-corrected chi connectivity index (χ2v) is 12.8. The van der Waals surface area contributed by atoms with E-state index in [0.717, 1.165) is 36.9 Å². The number of rotatable bonds is 11. The van der Waals surface area contributed by atoms with E-state index in [2.05, 4.69) is 51.3 Å². The number of aryl methyl sites for hydroxylation is 1. The topological polar surface area (TPSA) is 114 Å². The summed E-state index contributed by atoms with van der Waals surface area (Å²) in [7, 11) is 3.07. The highest BCUT2D eigenvalue weighted by molar-refractivity contribution is 7.09. The van der Waals surface area contributed by atoms with E-state index in [4.69, 9.17) is 14.2 Å². The minimum absolute atomic E-state index is 0.128. The van der Waals surface area contributed by atoms with Crippen LogP contribution in [0.25, 0.3) is 0 Å². The van der Waals surface area contributed by atoms with Crippen LogP contribution >= 0.6 is 11.3 Å². The summed E-state index contributed by atoms with van der Waals surface area (Å²) in [6.45, 7) is 7.25. The number of ether oxygens (including phenoxy) is 3. The number of imide groups is 1. The number of anilines is 1. The largest absolute Gasteiger partial charge is 0.493 e. The summed E-state index contributed by atoms with van der Waals surface area (Å²) in [6.07, 6.45) is -0.436. The maximum absolute atomic E-state index is 14.4. The van der Waals surface area contributed by atoms with Crippen LogP contribution in [-0.2, 0) is 0 Å². The predicted molar refractivity (Wildman–Crippen MR) is 183 cm³/mol. The van der Waals surface area contributed by atoms with Gasteiger partial charge in [0.15, 0.2) is 11.5 Å². The lowest BCUT2D eigenvalue weighted by Gasteiger charge is -2.39. The van der Waals surface area contributed by atoms with E-state index >= 15 is 0 Å². The molecule has 6 rings (SSSR count). The van der Waals surface area contributed by atoms with Gasteiger partial charge in [0.1, 0.15) is 0 Å². The Balaban J connectivity index is 1.23. The fourth-order valence-electron chi connectivity index (χ4n) is 6.46. The van der Waals surface area contributed by atoms with Crippen LogP contribution < -0.4 is 24.4 Å². The van der Waals surface area contributed by atoms with Crippen LogP contribution in [0.1, 0.15) is 62.3 Å². The van der Waals surface area contributed by atoms with Crippen molar-refractivity contribution in [2.75, 3.05) is 51.8 Å². The molecule has 1 aromatic heterocycles. The number of nitrogens with one attached hydrogen (secondary N) is 1. The Morgan fingerprint density at radius 2 is 1.67 bits per heavy atom. The highest BCUT2D eigenvalue weighted by Crippen LogP contribution is 2.40. The highest BCUT2D eigenvalue weighted by atomic mass is 32.1. The van der Waals surface area contributed by atoms with Crippen LogP contribution in [0.5, 0.6) is 17.4 Å². The van der Waals surface area contributed by atoms with E-state index in [0.29, 0.717) is 28.2 Å². The molecule has 0 aliphatic carbocycles. The summed E-state index contributed by atoms with van der Waals surface area (Å²) in [6, 6.07) is 20.8. The highest BCUT2D eigenvalue weighted by Gasteiger charge is 2.43. The van der Waals surface area contributed by atoms with Crippen LogP contribution in [0.2, 0.25) is 0 Å². The third kappa shape index (κ3) is 6.71. The third-order valence-corrected chi connectivity index (χ3v) is 9.75. The smallest absolute Gasteiger partial charge is 0.413 e. The standard InChI is InChI=1S/C36H39N5O6S/c1-23(25-9-6-5-7-10-25)39-17-19-40(20-18-39)29-12-8-11-27-33(29)35(43)41(34(27)42)28(26-13-14-30(45-3)31(21-26)46-4)15-16-37-36(44)47-32-22-48-24(2)38-32/h5-14,21-23,28H,15-20H2,1-4H3,(H,37,44)/t23-,28-/m1/s1. The van der Waals surface area contributed by atoms with Crippen molar-refractivity contribution < 1.29 is 28.6 Å². The number of fused-ring (bicyclic) bond motifs is 1. The summed E-state index contributed by atoms with van der Waals surface area (Å²) in [5.41, 5.74) is 3.47. The molecule has 3 heterocycles. The van der Waals surface area contributed by atoms with Crippen molar-refractivity contribution in [1.82, 2.24) is 20.1 Å². The number of piperazine rings is 1. The summed E-state index contributed by atoms with van der Waals surface area (Å²) in [4.78, 5) is 51.1. The zero-order valence-corrected chi connectivity index (χ0v) is 28.3. The summed E-state index contributed by atoms with van der Waals surface area (Å²) in [5.74, 6) is 0.450. The molecule has 1 saturated heterocycles. The summed E-state index contributed by atoms with van der Waals surface area (Å²) < 4.78 is 16.3. The van der Waals surface area contributed by atoms with E-state index < -0.39 is 12.1 Å². The van der Waals surface area contributed by atoms with E-state index in [9.17, 15) is 14.4 Å². The number of hydrogen-bond acceptors (Lipinski definition) is 10. The van der Waals surface area contributed by atoms with Gasteiger partial charge in [-0.25, -0.2) is 9.78 Å². The molecular weight excluding hydrogens is 630 g/mol. The van der Waals surface area contributed by atoms with Gasteiger partial charge in [-0.1, -0.05) is 42.5 Å². The predicted octanol–water partition coefficient (Wildman–Crippen LogP) is 5.87. The van der Waals surface area contributed by atoms with E-state index in [1.807, 2.05) is 25.1 Å². The monoisotopic (exact) mass is 669 g/mol. The molecule has 0 spiro atoms. The van der Waals surface area contributed by atoms with Gasteiger partial charge in [0.2, 0.25) is 5.88 Å². The number of benzene rings is 3. The molecule has 250 valence electrons. The number of thiazole rings is 1. The molecule has 11 nitrogen and oxygen atoms in total. The van der Waals surface area contributed by atoms with Gasteiger partial charge < -0.3 is 24.4 Å². The van der Waals surface area contributed by atoms with Crippen LogP contribution in [0.15, 0.2) is 72.1 Å². The molecule has 2 aliphatic rings. The minimum atomic E-state index is -0.713. The first-order valence-corrected chi connectivity index (χ1v) is 16.8. The summed E-state index contributed by atoms with van der Waals surface area (Å²) >= 11 is 1.38. The average molecular weight is 670 g/mol. The van der Waals surface area contributed by atoms with Crippen molar-refractivity contribution in [3.05, 3.63) is 99.4 Å². The average Bonchev–Trinajstić information content (AvgIpc) is 3.64. The lowest BCUT2D eigenvalue weighted by Crippen LogP contribution is -2.47. The Morgan fingerprint density at radius 1 is 0.917 bits per heavy atom. The lowest BCUT2D eigenvalue weighted by molar-refractivity contribution is 0.0574. The number of amides is 3. The number of nitrogens with zero attached hydrogens (tertiary/aromatic N) is 4. The molecule has 3 amide bonds. The Morgan fingerprint density at radius 3 is 2.35 bits per heavy atom. The lowest BCUT2D eigenvalue weighted by atomic mass is 10.0. The maximum Gasteiger partial charge on any atom is 0.413 e. The summed E-state index contributed by atoms with van der Waals surface area (Å²) in [5, 5.41) is 5.17. The van der Waals surface area contributed by atoms with Gasteiger partial charge in [0, 0.05) is 38.8 Å². The zero-order valence-electron chi connectivity index (χ0n) is 27.5. The number of carbonyl (C=O) groups excluding carboxylic acids is 3. The fourth-order valence-corrected chi connectivity index (χ4v) is 6.98. The molecule has 2 aliphatic heterocycles. The van der Waals surface area contributed by atoms with Gasteiger partial charge in [-0.2, -0.15) is 0 Å². The first-order valence-electron chi connectivity index (χ1n) is 15.9. The molecule has 1 N–H and O–H groups in total. The zero-order chi connectivity index (χ0) is 33.8. The number of carbonyl (C=O) groups is 3. The van der Waals surface area contributed by atoms with Crippen molar-refractivity contribution in [2.45, 2.75) is 32.4 Å². The van der Waals surface area contributed by atoms with Gasteiger partial charge in [-0.15, -0.1) is 11.3 Å². The fraction of sp³-hybridized carbons (Fsp3) is 0.333. The second-order valence-electron chi connectivity index (χ2n) is 11.7. The van der Waals surface area contributed by atoms with E-state index in [-0.39, 0.29) is 36.7 Å². The van der Waals surface area contributed by atoms with E-state index in [1.54, 1.807) is 36.8 Å². The Bertz CT molecular complexity index is 1790. The molecule has 0 unspecified atom stereocenters. The van der Waals surface area contributed by atoms with Crippen LogP contribution in [0.4, 0.5) is 10.5 Å². The third-order valence-electron chi connectivity index (χ3n) is 9.00. The molecule has 4 aromatic rings. The van der Waals surface area contributed by atoms with E-state index in [1.165, 1.54) is 28.9 Å². The van der Waals surface area contributed by atoms with Crippen LogP contribution in [0, 0.1) is 6.92 Å². The molecule has 0 saturated carbocycles. The van der Waals surface area contributed by atoms with Crippen molar-refractivity contribution in [3.8, 4) is 17.4 Å². The maximum atomic E-state index is 14.4. The molecule has 1 fully saturated rings. The first-order chi connectivity index (χ1) is 23.3. The van der Waals surface area contributed by atoms with Crippen molar-refractivity contribution in [1.29, 1.82) is 0 Å². The molecular formula is C36H39N5O6S. The van der Waals surface area contributed by atoms with Crippen LogP contribution in [-0.4, -0.2) is 79.6 Å². The molecule has 12 heteroatoms. The van der Waals surface area contributed by atoms with Gasteiger partial charge >= 0.3 is 6.09 Å². The van der Waals surface area contributed by atoms with Gasteiger partial charge in [0.25, 0.3) is 11.8 Å². The number of hydrogen-bond donors (Lipinski definition) is 1. The van der Waals surface area contributed by atoms with Crippen LogP contribution in [0.3, 0.4) is 0 Å². The van der Waals surface area contributed by atoms with Gasteiger partial charge in [-0.05, 0) is 55.7 Å². The number of methoxy groups -OCH3 is 2. The Labute approximate surface area is 284 Å².